The van der Waals surface area contributed by atoms with E-state index >= 15 is 0 Å². The second-order valence-corrected chi connectivity index (χ2v) is 6.68. The van der Waals surface area contributed by atoms with Crippen molar-refractivity contribution in [3.05, 3.63) is 53.6 Å². The molecule has 2 aromatic carbocycles. The van der Waals surface area contributed by atoms with E-state index in [-0.39, 0.29) is 0 Å². The van der Waals surface area contributed by atoms with E-state index in [2.05, 4.69) is 5.32 Å². The van der Waals surface area contributed by atoms with Crippen LogP contribution in [0.15, 0.2) is 42.5 Å². The van der Waals surface area contributed by atoms with Gasteiger partial charge in [0.1, 0.15) is 5.75 Å². The van der Waals surface area contributed by atoms with Crippen molar-refractivity contribution < 1.29 is 28.5 Å². The Morgan fingerprint density at radius 2 is 1.77 bits per heavy atom. The van der Waals surface area contributed by atoms with Gasteiger partial charge in [-0.05, 0) is 61.7 Å². The topological polar surface area (TPSA) is 83.1 Å². The van der Waals surface area contributed by atoms with Crippen LogP contribution in [0.25, 0.3) is 6.08 Å². The Morgan fingerprint density at radius 3 is 2.48 bits per heavy atom. The highest BCUT2D eigenvalue weighted by Gasteiger charge is 2.10. The molecule has 0 spiro atoms. The van der Waals surface area contributed by atoms with Crippen molar-refractivity contribution in [2.45, 2.75) is 27.2 Å². The molecule has 1 amide bonds. The number of benzene rings is 2. The predicted octanol–water partition coefficient (Wildman–Crippen LogP) is 4.39. The molecule has 166 valence electrons. The van der Waals surface area contributed by atoms with Crippen LogP contribution in [0, 0.1) is 6.92 Å². The van der Waals surface area contributed by atoms with Gasteiger partial charge in [-0.15, -0.1) is 0 Å². The largest absolute Gasteiger partial charge is 0.495 e. The number of aryl methyl sites for hydroxylation is 1. The van der Waals surface area contributed by atoms with E-state index in [4.69, 9.17) is 18.9 Å². The van der Waals surface area contributed by atoms with Gasteiger partial charge in [-0.2, -0.15) is 0 Å². The first-order chi connectivity index (χ1) is 15.0. The summed E-state index contributed by atoms with van der Waals surface area (Å²) >= 11 is 0. The molecule has 0 saturated heterocycles. The fourth-order valence-corrected chi connectivity index (χ4v) is 2.68. The van der Waals surface area contributed by atoms with Crippen molar-refractivity contribution in [1.82, 2.24) is 0 Å². The average Bonchev–Trinajstić information content (AvgIpc) is 2.76. The van der Waals surface area contributed by atoms with Gasteiger partial charge in [0.05, 0.1) is 26.0 Å². The summed E-state index contributed by atoms with van der Waals surface area (Å²) in [5, 5.41) is 2.68. The minimum absolute atomic E-state index is 0.408. The average molecular weight is 427 g/mol. The van der Waals surface area contributed by atoms with Crippen molar-refractivity contribution in [2.75, 3.05) is 32.2 Å². The molecule has 0 aliphatic rings. The molecule has 1 N–H and O–H groups in total. The van der Waals surface area contributed by atoms with Crippen molar-refractivity contribution in [1.29, 1.82) is 0 Å². The van der Waals surface area contributed by atoms with Crippen LogP contribution in [-0.2, 0) is 14.3 Å². The zero-order valence-corrected chi connectivity index (χ0v) is 18.4. The Hall–Kier alpha value is -3.48. The van der Waals surface area contributed by atoms with Gasteiger partial charge in [-0.3, -0.25) is 4.79 Å². The van der Waals surface area contributed by atoms with Gasteiger partial charge in [0.25, 0.3) is 5.91 Å². The molecule has 0 aliphatic heterocycles. The van der Waals surface area contributed by atoms with Gasteiger partial charge >= 0.3 is 5.97 Å². The Labute approximate surface area is 183 Å². The molecule has 2 rings (SSSR count). The van der Waals surface area contributed by atoms with Crippen LogP contribution in [0.1, 0.15) is 31.4 Å². The van der Waals surface area contributed by atoms with Gasteiger partial charge in [0.15, 0.2) is 18.1 Å². The second kappa shape index (κ2) is 12.3. The first-order valence-corrected chi connectivity index (χ1v) is 10.2. The van der Waals surface area contributed by atoms with E-state index in [1.807, 2.05) is 32.9 Å². The van der Waals surface area contributed by atoms with Gasteiger partial charge in [-0.25, -0.2) is 4.79 Å². The third-order valence-electron chi connectivity index (χ3n) is 4.12. The summed E-state index contributed by atoms with van der Waals surface area (Å²) in [7, 11) is 1.52. The quantitative estimate of drug-likeness (QED) is 0.423. The molecule has 0 bridgehead atoms. The van der Waals surface area contributed by atoms with E-state index in [1.165, 1.54) is 13.2 Å². The molecule has 0 unspecified atom stereocenters. The maximum atomic E-state index is 12.1. The number of hydrogen-bond acceptors (Lipinski definition) is 6. The number of methoxy groups -OCH3 is 1. The molecular formula is C24H29NO6. The smallest absolute Gasteiger partial charge is 0.331 e. The zero-order chi connectivity index (χ0) is 22.6. The Morgan fingerprint density at radius 1 is 1.00 bits per heavy atom. The fourth-order valence-electron chi connectivity index (χ4n) is 2.68. The number of carbonyl (C=O) groups excluding carboxylic acids is 2. The monoisotopic (exact) mass is 427 g/mol. The van der Waals surface area contributed by atoms with E-state index in [1.54, 1.807) is 30.3 Å². The van der Waals surface area contributed by atoms with Gasteiger partial charge in [-0.1, -0.05) is 19.1 Å². The maximum absolute atomic E-state index is 12.1. The van der Waals surface area contributed by atoms with Crippen molar-refractivity contribution in [3.8, 4) is 17.2 Å². The number of carbonyl (C=O) groups is 2. The molecule has 31 heavy (non-hydrogen) atoms. The summed E-state index contributed by atoms with van der Waals surface area (Å²) in [6.07, 6.45) is 3.75. The van der Waals surface area contributed by atoms with E-state index < -0.39 is 18.5 Å². The molecule has 2 aromatic rings. The Balaban J connectivity index is 1.92. The second-order valence-electron chi connectivity index (χ2n) is 6.68. The molecule has 0 saturated carbocycles. The summed E-state index contributed by atoms with van der Waals surface area (Å²) in [5.41, 5.74) is 2.24. The van der Waals surface area contributed by atoms with Crippen molar-refractivity contribution in [3.63, 3.8) is 0 Å². The Kier molecular flexibility index (Phi) is 9.42. The molecule has 7 nitrogen and oxygen atoms in total. The molecule has 0 aliphatic carbocycles. The summed E-state index contributed by atoms with van der Waals surface area (Å²) in [5.74, 6) is 0.712. The van der Waals surface area contributed by atoms with Crippen LogP contribution in [-0.4, -0.2) is 38.8 Å². The SMILES string of the molecule is CCCOc1ccc(/C=C/C(=O)OCC(=O)Nc2cc(C)ccc2OC)cc1OCC. The van der Waals surface area contributed by atoms with Crippen LogP contribution in [0.3, 0.4) is 0 Å². The minimum atomic E-state index is -0.629. The van der Waals surface area contributed by atoms with E-state index in [0.29, 0.717) is 36.1 Å². The van der Waals surface area contributed by atoms with E-state index in [9.17, 15) is 9.59 Å². The van der Waals surface area contributed by atoms with Gasteiger partial charge in [0.2, 0.25) is 0 Å². The molecule has 7 heteroatoms. The van der Waals surface area contributed by atoms with E-state index in [0.717, 1.165) is 17.5 Å². The highest BCUT2D eigenvalue weighted by atomic mass is 16.5. The highest BCUT2D eigenvalue weighted by Crippen LogP contribution is 2.29. The number of nitrogens with one attached hydrogen (secondary N) is 1. The molecule has 0 atom stereocenters. The zero-order valence-electron chi connectivity index (χ0n) is 18.4. The fraction of sp³-hybridized carbons (Fsp3) is 0.333. The summed E-state index contributed by atoms with van der Waals surface area (Å²) in [6, 6.07) is 10.8. The maximum Gasteiger partial charge on any atom is 0.331 e. The number of rotatable bonds is 11. The lowest BCUT2D eigenvalue weighted by Gasteiger charge is -2.12. The first kappa shape index (κ1) is 23.8. The summed E-state index contributed by atoms with van der Waals surface area (Å²) < 4.78 is 21.5. The molecule has 0 heterocycles. The third kappa shape index (κ3) is 7.70. The highest BCUT2D eigenvalue weighted by molar-refractivity contribution is 5.95. The van der Waals surface area contributed by atoms with Crippen LogP contribution < -0.4 is 19.5 Å². The Bertz CT molecular complexity index is 922. The third-order valence-corrected chi connectivity index (χ3v) is 4.12. The van der Waals surface area contributed by atoms with Gasteiger partial charge in [0, 0.05) is 6.08 Å². The first-order valence-electron chi connectivity index (χ1n) is 10.2. The van der Waals surface area contributed by atoms with Crippen LogP contribution in [0.4, 0.5) is 5.69 Å². The number of anilines is 1. The predicted molar refractivity (Wildman–Crippen MR) is 120 cm³/mol. The van der Waals surface area contributed by atoms with Crippen LogP contribution in [0.5, 0.6) is 17.2 Å². The van der Waals surface area contributed by atoms with Gasteiger partial charge < -0.3 is 24.3 Å². The number of hydrogen-bond donors (Lipinski definition) is 1. The molecular weight excluding hydrogens is 398 g/mol. The minimum Gasteiger partial charge on any atom is -0.495 e. The normalized spacial score (nSPS) is 10.6. The summed E-state index contributed by atoms with van der Waals surface area (Å²) in [4.78, 5) is 24.1. The lowest BCUT2D eigenvalue weighted by atomic mass is 10.2. The molecule has 0 radical (unpaired) electrons. The van der Waals surface area contributed by atoms with Crippen molar-refractivity contribution in [2.24, 2.45) is 0 Å². The van der Waals surface area contributed by atoms with Crippen LogP contribution in [0.2, 0.25) is 0 Å². The number of amides is 1. The lowest BCUT2D eigenvalue weighted by Crippen LogP contribution is -2.20. The summed E-state index contributed by atoms with van der Waals surface area (Å²) in [6.45, 7) is 6.51. The standard InChI is InChI=1S/C24H29NO6/c1-5-13-30-21-11-8-18(15-22(21)29-6-2)9-12-24(27)31-16-23(26)25-19-14-17(3)7-10-20(19)28-4/h7-12,14-15H,5-6,13,16H2,1-4H3,(H,25,26)/b12-9+. The molecule has 0 aromatic heterocycles. The number of ether oxygens (including phenoxy) is 4. The van der Waals surface area contributed by atoms with Crippen molar-refractivity contribution >= 4 is 23.6 Å². The lowest BCUT2D eigenvalue weighted by molar-refractivity contribution is -0.142. The van der Waals surface area contributed by atoms with Crippen LogP contribution >= 0.6 is 0 Å². The number of esters is 1. The molecule has 0 fully saturated rings.